The summed E-state index contributed by atoms with van der Waals surface area (Å²) in [4.78, 5) is 15.9. The molecule has 1 amide bonds. The number of carbonyl (C=O) groups excluding carboxylic acids is 1. The SMILES string of the molecule is CCOc1cccc2c1O[C@]1(C)[C@@H](C(=O)Nc3ccc(C)cc3C)[C@@H]2NC(=S)N1c1cccc(Cl)c1. The molecule has 0 radical (unpaired) electrons. The van der Waals surface area contributed by atoms with Gasteiger partial charge in [0, 0.05) is 22.0 Å². The number of hydrogen-bond donors (Lipinski definition) is 2. The van der Waals surface area contributed by atoms with Crippen LogP contribution in [-0.2, 0) is 4.79 Å². The molecule has 0 unspecified atom stereocenters. The highest BCUT2D eigenvalue weighted by Gasteiger charge is 2.59. The summed E-state index contributed by atoms with van der Waals surface area (Å²) >= 11 is 12.2. The number of carbonyl (C=O) groups is 1. The molecule has 36 heavy (non-hydrogen) atoms. The molecule has 186 valence electrons. The Morgan fingerprint density at radius 1 is 1.19 bits per heavy atom. The van der Waals surface area contributed by atoms with Crippen LogP contribution in [0.15, 0.2) is 60.7 Å². The summed E-state index contributed by atoms with van der Waals surface area (Å²) in [7, 11) is 0. The highest BCUT2D eigenvalue weighted by Crippen LogP contribution is 2.52. The first-order valence-electron chi connectivity index (χ1n) is 11.9. The molecule has 6 nitrogen and oxygen atoms in total. The van der Waals surface area contributed by atoms with Gasteiger partial charge >= 0.3 is 0 Å². The normalized spacial score (nSPS) is 22.2. The number of thiocarbonyl (C=S) groups is 1. The molecule has 5 rings (SSSR count). The first kappa shape index (κ1) is 24.4. The van der Waals surface area contributed by atoms with Crippen LogP contribution < -0.4 is 25.0 Å². The Kier molecular flexibility index (Phi) is 6.30. The number of ether oxygens (including phenoxy) is 2. The lowest BCUT2D eigenvalue weighted by atomic mass is 9.78. The van der Waals surface area contributed by atoms with Gasteiger partial charge in [-0.3, -0.25) is 9.69 Å². The molecule has 0 saturated carbocycles. The van der Waals surface area contributed by atoms with Crippen molar-refractivity contribution in [3.63, 3.8) is 0 Å². The van der Waals surface area contributed by atoms with Crippen LogP contribution in [0.2, 0.25) is 5.02 Å². The quantitative estimate of drug-likeness (QED) is 0.392. The summed E-state index contributed by atoms with van der Waals surface area (Å²) in [6.45, 7) is 8.32. The Bertz CT molecular complexity index is 1360. The third-order valence-corrected chi connectivity index (χ3v) is 7.31. The van der Waals surface area contributed by atoms with Crippen molar-refractivity contribution >= 4 is 46.2 Å². The van der Waals surface area contributed by atoms with Gasteiger partial charge in [0.15, 0.2) is 22.3 Å². The van der Waals surface area contributed by atoms with E-state index in [4.69, 9.17) is 33.3 Å². The van der Waals surface area contributed by atoms with Crippen molar-refractivity contribution in [2.75, 3.05) is 16.8 Å². The minimum Gasteiger partial charge on any atom is -0.490 e. The average molecular weight is 522 g/mol. The zero-order valence-corrected chi connectivity index (χ0v) is 22.2. The van der Waals surface area contributed by atoms with Crippen molar-refractivity contribution in [3.8, 4) is 11.5 Å². The maximum absolute atomic E-state index is 14.0. The maximum atomic E-state index is 14.0. The van der Waals surface area contributed by atoms with Gasteiger partial charge in [-0.25, -0.2) is 0 Å². The predicted molar refractivity (Wildman–Crippen MR) is 147 cm³/mol. The Hall–Kier alpha value is -3.29. The van der Waals surface area contributed by atoms with Gasteiger partial charge < -0.3 is 20.1 Å². The third kappa shape index (κ3) is 4.06. The highest BCUT2D eigenvalue weighted by atomic mass is 35.5. The van der Waals surface area contributed by atoms with Crippen molar-refractivity contribution < 1.29 is 14.3 Å². The molecule has 2 aliphatic rings. The fraction of sp³-hybridized carbons (Fsp3) is 0.286. The van der Waals surface area contributed by atoms with Gasteiger partial charge in [0.1, 0.15) is 5.92 Å². The van der Waals surface area contributed by atoms with Gasteiger partial charge in [-0.15, -0.1) is 0 Å². The Labute approximate surface area is 221 Å². The van der Waals surface area contributed by atoms with Crippen LogP contribution in [0.5, 0.6) is 11.5 Å². The molecule has 3 atom stereocenters. The van der Waals surface area contributed by atoms with E-state index in [0.29, 0.717) is 28.2 Å². The number of para-hydroxylation sites is 1. The fourth-order valence-corrected chi connectivity index (χ4v) is 5.81. The fourth-order valence-electron chi connectivity index (χ4n) is 5.21. The molecule has 2 heterocycles. The van der Waals surface area contributed by atoms with E-state index in [1.807, 2.05) is 87.2 Å². The van der Waals surface area contributed by atoms with Crippen molar-refractivity contribution in [1.82, 2.24) is 5.32 Å². The zero-order chi connectivity index (χ0) is 25.6. The molecular formula is C28H28ClN3O3S. The molecular weight excluding hydrogens is 494 g/mol. The summed E-state index contributed by atoms with van der Waals surface area (Å²) in [5.74, 6) is 0.391. The van der Waals surface area contributed by atoms with E-state index in [-0.39, 0.29) is 5.91 Å². The van der Waals surface area contributed by atoms with Crippen LogP contribution in [0.1, 0.15) is 36.6 Å². The van der Waals surface area contributed by atoms with Crippen molar-refractivity contribution in [1.29, 1.82) is 0 Å². The Morgan fingerprint density at radius 3 is 2.69 bits per heavy atom. The zero-order valence-electron chi connectivity index (χ0n) is 20.6. The summed E-state index contributed by atoms with van der Waals surface area (Å²) in [5.41, 5.74) is 3.27. The van der Waals surface area contributed by atoms with E-state index in [2.05, 4.69) is 10.6 Å². The molecule has 0 spiro atoms. The second-order valence-corrected chi connectivity index (χ2v) is 10.1. The van der Waals surface area contributed by atoms with Crippen molar-refractivity contribution in [3.05, 3.63) is 82.4 Å². The van der Waals surface area contributed by atoms with E-state index in [9.17, 15) is 4.79 Å². The van der Waals surface area contributed by atoms with Crippen molar-refractivity contribution in [2.24, 2.45) is 5.92 Å². The summed E-state index contributed by atoms with van der Waals surface area (Å²) in [6.07, 6.45) is 0. The number of amides is 1. The van der Waals surface area contributed by atoms with E-state index in [1.165, 1.54) is 0 Å². The predicted octanol–water partition coefficient (Wildman–Crippen LogP) is 6.15. The van der Waals surface area contributed by atoms with E-state index in [1.54, 1.807) is 6.07 Å². The van der Waals surface area contributed by atoms with Crippen LogP contribution in [0.3, 0.4) is 0 Å². The largest absolute Gasteiger partial charge is 0.490 e. The highest BCUT2D eigenvalue weighted by molar-refractivity contribution is 7.80. The van der Waals surface area contributed by atoms with Gasteiger partial charge in [-0.05, 0) is 75.8 Å². The number of benzene rings is 3. The molecule has 3 aromatic carbocycles. The number of anilines is 2. The topological polar surface area (TPSA) is 62.8 Å². The second kappa shape index (κ2) is 9.30. The van der Waals surface area contributed by atoms with Crippen LogP contribution in [0.25, 0.3) is 0 Å². The average Bonchev–Trinajstić information content (AvgIpc) is 2.81. The third-order valence-electron chi connectivity index (χ3n) is 6.78. The minimum atomic E-state index is -1.17. The van der Waals surface area contributed by atoms with E-state index < -0.39 is 17.7 Å². The number of nitrogens with zero attached hydrogens (tertiary/aromatic N) is 1. The van der Waals surface area contributed by atoms with Gasteiger partial charge in [0.2, 0.25) is 5.91 Å². The molecule has 0 aromatic heterocycles. The molecule has 2 aliphatic heterocycles. The van der Waals surface area contributed by atoms with E-state index in [0.717, 1.165) is 28.1 Å². The number of hydrogen-bond acceptors (Lipinski definition) is 4. The lowest BCUT2D eigenvalue weighted by Crippen LogP contribution is -2.72. The van der Waals surface area contributed by atoms with Crippen LogP contribution >= 0.6 is 23.8 Å². The second-order valence-electron chi connectivity index (χ2n) is 9.29. The van der Waals surface area contributed by atoms with Crippen LogP contribution in [-0.4, -0.2) is 23.4 Å². The summed E-state index contributed by atoms with van der Waals surface area (Å²) < 4.78 is 12.6. The molecule has 0 aliphatic carbocycles. The first-order valence-corrected chi connectivity index (χ1v) is 12.7. The van der Waals surface area contributed by atoms with E-state index >= 15 is 0 Å². The number of halogens is 1. The van der Waals surface area contributed by atoms with Gasteiger partial charge in [-0.1, -0.05) is 47.5 Å². The van der Waals surface area contributed by atoms with Crippen LogP contribution in [0.4, 0.5) is 11.4 Å². The Morgan fingerprint density at radius 2 is 1.97 bits per heavy atom. The van der Waals surface area contributed by atoms with Gasteiger partial charge in [0.05, 0.1) is 12.6 Å². The van der Waals surface area contributed by atoms with Gasteiger partial charge in [-0.2, -0.15) is 0 Å². The standard InChI is InChI=1S/C28H28ClN3O3S/c1-5-34-22-11-7-10-20-24-23(26(33)30-21-13-12-16(2)14-17(21)3)28(4,35-25(20)22)32(27(36)31-24)19-9-6-8-18(29)15-19/h6-15,23-24H,5H2,1-4H3,(H,30,33)(H,31,36)/t23-,24-,28-/m1/s1. The smallest absolute Gasteiger partial charge is 0.236 e. The number of fused-ring (bicyclic) bond motifs is 4. The summed E-state index contributed by atoms with van der Waals surface area (Å²) in [5, 5.41) is 7.58. The Balaban J connectivity index is 1.65. The first-order chi connectivity index (χ1) is 17.2. The molecule has 1 fully saturated rings. The molecule has 2 N–H and O–H groups in total. The lowest BCUT2D eigenvalue weighted by Gasteiger charge is -2.56. The van der Waals surface area contributed by atoms with Crippen LogP contribution in [0, 0.1) is 19.8 Å². The molecule has 1 saturated heterocycles. The molecule has 2 bridgehead atoms. The maximum Gasteiger partial charge on any atom is 0.236 e. The van der Waals surface area contributed by atoms with Gasteiger partial charge in [0.25, 0.3) is 0 Å². The molecule has 3 aromatic rings. The molecule has 8 heteroatoms. The number of aryl methyl sites for hydroxylation is 2. The minimum absolute atomic E-state index is 0.177. The number of nitrogens with one attached hydrogen (secondary N) is 2. The van der Waals surface area contributed by atoms with Crippen molar-refractivity contribution in [2.45, 2.75) is 39.5 Å². The monoisotopic (exact) mass is 521 g/mol. The number of rotatable bonds is 5. The summed E-state index contributed by atoms with van der Waals surface area (Å²) in [6, 6.07) is 18.6. The lowest BCUT2D eigenvalue weighted by molar-refractivity contribution is -0.130.